The van der Waals surface area contributed by atoms with Gasteiger partial charge in [0.25, 0.3) is 0 Å². The van der Waals surface area contributed by atoms with Crippen LogP contribution in [0.1, 0.15) is 31.7 Å². The van der Waals surface area contributed by atoms with Crippen LogP contribution in [0.15, 0.2) is 48.5 Å². The van der Waals surface area contributed by atoms with Crippen molar-refractivity contribution in [3.05, 3.63) is 59.1 Å². The standard InChI is InChI=1S/C21H24ClN3O2/c1-2-12-24(15-16-7-4-3-5-8-16)21(27)23-19-14-17(10-11-18(19)22)25-13-6-9-20(25)26/h3-5,7-8,10-11,14H,2,6,9,12-13,15H2,1H3,(H,23,27). The Bertz CT molecular complexity index is 810. The van der Waals surface area contributed by atoms with Crippen molar-refractivity contribution in [2.24, 2.45) is 0 Å². The molecule has 2 aromatic rings. The minimum absolute atomic E-state index is 0.103. The van der Waals surface area contributed by atoms with Gasteiger partial charge in [-0.1, -0.05) is 48.9 Å². The first-order chi connectivity index (χ1) is 13.1. The summed E-state index contributed by atoms with van der Waals surface area (Å²) in [5.74, 6) is 0.103. The fourth-order valence-electron chi connectivity index (χ4n) is 3.22. The van der Waals surface area contributed by atoms with Crippen LogP contribution < -0.4 is 10.2 Å². The van der Waals surface area contributed by atoms with Gasteiger partial charge in [0, 0.05) is 31.7 Å². The van der Waals surface area contributed by atoms with Gasteiger partial charge in [0.05, 0.1) is 10.7 Å². The van der Waals surface area contributed by atoms with Crippen LogP contribution in [0, 0.1) is 0 Å². The van der Waals surface area contributed by atoms with Gasteiger partial charge in [-0.2, -0.15) is 0 Å². The predicted molar refractivity (Wildman–Crippen MR) is 109 cm³/mol. The number of urea groups is 1. The average molecular weight is 386 g/mol. The van der Waals surface area contributed by atoms with Gasteiger partial charge in [0.1, 0.15) is 0 Å². The number of rotatable bonds is 6. The van der Waals surface area contributed by atoms with Crippen molar-refractivity contribution in [3.63, 3.8) is 0 Å². The second-order valence-electron chi connectivity index (χ2n) is 6.65. The number of nitrogens with one attached hydrogen (secondary N) is 1. The van der Waals surface area contributed by atoms with Crippen LogP contribution in [0.4, 0.5) is 16.2 Å². The minimum Gasteiger partial charge on any atom is -0.320 e. The van der Waals surface area contributed by atoms with Crippen molar-refractivity contribution in [1.82, 2.24) is 4.90 Å². The number of halogens is 1. The summed E-state index contributed by atoms with van der Waals surface area (Å²) >= 11 is 6.29. The van der Waals surface area contributed by atoms with Gasteiger partial charge in [-0.25, -0.2) is 4.79 Å². The van der Waals surface area contributed by atoms with E-state index in [1.165, 1.54) is 0 Å². The van der Waals surface area contributed by atoms with Crippen LogP contribution in [0.2, 0.25) is 5.02 Å². The summed E-state index contributed by atoms with van der Waals surface area (Å²) < 4.78 is 0. The van der Waals surface area contributed by atoms with Crippen LogP contribution in [-0.4, -0.2) is 29.9 Å². The minimum atomic E-state index is -0.201. The highest BCUT2D eigenvalue weighted by molar-refractivity contribution is 6.33. The smallest absolute Gasteiger partial charge is 0.320 e. The number of amides is 3. The first-order valence-corrected chi connectivity index (χ1v) is 9.66. The monoisotopic (exact) mass is 385 g/mol. The van der Waals surface area contributed by atoms with E-state index in [1.54, 1.807) is 21.9 Å². The first kappa shape index (κ1) is 19.2. The highest BCUT2D eigenvalue weighted by Crippen LogP contribution is 2.30. The molecule has 3 amide bonds. The van der Waals surface area contributed by atoms with Gasteiger partial charge in [-0.15, -0.1) is 0 Å². The van der Waals surface area contributed by atoms with E-state index in [9.17, 15) is 9.59 Å². The maximum atomic E-state index is 12.8. The SMILES string of the molecule is CCCN(Cc1ccccc1)C(=O)Nc1cc(N2CCCC2=O)ccc1Cl. The molecule has 1 heterocycles. The lowest BCUT2D eigenvalue weighted by Crippen LogP contribution is -2.35. The molecule has 2 aromatic carbocycles. The summed E-state index contributed by atoms with van der Waals surface area (Å²) in [7, 11) is 0. The molecule has 5 nitrogen and oxygen atoms in total. The number of nitrogens with zero attached hydrogens (tertiary/aromatic N) is 2. The van der Waals surface area contributed by atoms with Crippen LogP contribution in [0.25, 0.3) is 0 Å². The summed E-state index contributed by atoms with van der Waals surface area (Å²) in [6.45, 7) is 3.91. The molecule has 1 aliphatic heterocycles. The van der Waals surface area contributed by atoms with E-state index >= 15 is 0 Å². The van der Waals surface area contributed by atoms with Crippen molar-refractivity contribution in [3.8, 4) is 0 Å². The van der Waals surface area contributed by atoms with E-state index in [1.807, 2.05) is 43.3 Å². The summed E-state index contributed by atoms with van der Waals surface area (Å²) in [4.78, 5) is 28.3. The molecule has 1 N–H and O–H groups in total. The molecule has 3 rings (SSSR count). The number of hydrogen-bond donors (Lipinski definition) is 1. The first-order valence-electron chi connectivity index (χ1n) is 9.28. The quantitative estimate of drug-likeness (QED) is 0.767. The van der Waals surface area contributed by atoms with Gasteiger partial charge < -0.3 is 15.1 Å². The number of carbonyl (C=O) groups is 2. The third kappa shape index (κ3) is 4.80. The zero-order valence-electron chi connectivity index (χ0n) is 15.5. The van der Waals surface area contributed by atoms with E-state index in [0.717, 1.165) is 24.1 Å². The molecule has 142 valence electrons. The topological polar surface area (TPSA) is 52.7 Å². The second kappa shape index (κ2) is 8.91. The zero-order chi connectivity index (χ0) is 19.2. The maximum absolute atomic E-state index is 12.8. The predicted octanol–water partition coefficient (Wildman–Crippen LogP) is 4.91. The highest BCUT2D eigenvalue weighted by Gasteiger charge is 2.23. The molecular formula is C21H24ClN3O2. The highest BCUT2D eigenvalue weighted by atomic mass is 35.5. The zero-order valence-corrected chi connectivity index (χ0v) is 16.2. The number of benzene rings is 2. The van der Waals surface area contributed by atoms with Crippen molar-refractivity contribution < 1.29 is 9.59 Å². The molecular weight excluding hydrogens is 362 g/mol. The van der Waals surface area contributed by atoms with Crippen molar-refractivity contribution in [2.45, 2.75) is 32.7 Å². The molecule has 6 heteroatoms. The van der Waals surface area contributed by atoms with E-state index in [0.29, 0.717) is 36.8 Å². The Balaban J connectivity index is 1.75. The molecule has 0 atom stereocenters. The third-order valence-corrected chi connectivity index (χ3v) is 4.90. The molecule has 0 aliphatic carbocycles. The molecule has 0 spiro atoms. The summed E-state index contributed by atoms with van der Waals surface area (Å²) in [5, 5.41) is 3.36. The lowest BCUT2D eigenvalue weighted by atomic mass is 10.2. The third-order valence-electron chi connectivity index (χ3n) is 4.57. The largest absolute Gasteiger partial charge is 0.322 e. The number of carbonyl (C=O) groups excluding carboxylic acids is 2. The van der Waals surface area contributed by atoms with E-state index in [2.05, 4.69) is 5.32 Å². The van der Waals surface area contributed by atoms with Gasteiger partial charge in [-0.05, 0) is 36.6 Å². The molecule has 1 aliphatic rings. The molecule has 0 unspecified atom stereocenters. The van der Waals surface area contributed by atoms with Crippen LogP contribution >= 0.6 is 11.6 Å². The Kier molecular flexibility index (Phi) is 6.35. The van der Waals surface area contributed by atoms with Gasteiger partial charge >= 0.3 is 6.03 Å². The second-order valence-corrected chi connectivity index (χ2v) is 7.06. The fourth-order valence-corrected chi connectivity index (χ4v) is 3.38. The van der Waals surface area contributed by atoms with Crippen LogP contribution in [0.3, 0.4) is 0 Å². The molecule has 1 saturated heterocycles. The molecule has 1 fully saturated rings. The Hall–Kier alpha value is -2.53. The van der Waals surface area contributed by atoms with Crippen molar-refractivity contribution >= 4 is 34.9 Å². The van der Waals surface area contributed by atoms with Gasteiger partial charge in [0.15, 0.2) is 0 Å². The van der Waals surface area contributed by atoms with Gasteiger partial charge in [0.2, 0.25) is 5.91 Å². The molecule has 0 aromatic heterocycles. The summed E-state index contributed by atoms with van der Waals surface area (Å²) in [5.41, 5.74) is 2.36. The van der Waals surface area contributed by atoms with E-state index in [4.69, 9.17) is 11.6 Å². The molecule has 0 saturated carbocycles. The van der Waals surface area contributed by atoms with Crippen LogP contribution in [-0.2, 0) is 11.3 Å². The molecule has 27 heavy (non-hydrogen) atoms. The van der Waals surface area contributed by atoms with Gasteiger partial charge in [-0.3, -0.25) is 4.79 Å². The Morgan fingerprint density at radius 1 is 1.22 bits per heavy atom. The van der Waals surface area contributed by atoms with Crippen molar-refractivity contribution in [2.75, 3.05) is 23.3 Å². The normalized spacial score (nSPS) is 13.7. The summed E-state index contributed by atoms with van der Waals surface area (Å²) in [6.07, 6.45) is 2.27. The Labute approximate surface area is 164 Å². The molecule has 0 bridgehead atoms. The lowest BCUT2D eigenvalue weighted by molar-refractivity contribution is -0.117. The average Bonchev–Trinajstić information content (AvgIpc) is 3.10. The fraction of sp³-hybridized carbons (Fsp3) is 0.333. The van der Waals surface area contributed by atoms with E-state index in [-0.39, 0.29) is 11.9 Å². The van der Waals surface area contributed by atoms with Crippen LogP contribution in [0.5, 0.6) is 0 Å². The number of anilines is 2. The summed E-state index contributed by atoms with van der Waals surface area (Å²) in [6, 6.07) is 15.0. The van der Waals surface area contributed by atoms with Crippen molar-refractivity contribution in [1.29, 1.82) is 0 Å². The van der Waals surface area contributed by atoms with E-state index < -0.39 is 0 Å². The maximum Gasteiger partial charge on any atom is 0.322 e. The molecule has 0 radical (unpaired) electrons. The number of hydrogen-bond acceptors (Lipinski definition) is 2. The Morgan fingerprint density at radius 2 is 2.00 bits per heavy atom. The lowest BCUT2D eigenvalue weighted by Gasteiger charge is -2.24. The Morgan fingerprint density at radius 3 is 2.67 bits per heavy atom.